The lowest BCUT2D eigenvalue weighted by Crippen LogP contribution is -2.52. The molecule has 30 heavy (non-hydrogen) atoms. The fraction of sp³-hybridized carbons (Fsp3) is 0.238. The van der Waals surface area contributed by atoms with E-state index in [1.54, 1.807) is 12.1 Å². The fourth-order valence-electron chi connectivity index (χ4n) is 3.64. The van der Waals surface area contributed by atoms with Crippen LogP contribution in [0.2, 0.25) is 0 Å². The van der Waals surface area contributed by atoms with Gasteiger partial charge in [0, 0.05) is 33.5 Å². The van der Waals surface area contributed by atoms with Gasteiger partial charge in [0.05, 0.1) is 6.54 Å². The number of hydrogen-bond donors (Lipinski definition) is 3. The molecule has 0 aliphatic carbocycles. The third-order valence-corrected chi connectivity index (χ3v) is 5.76. The number of halogens is 1. The second kappa shape index (κ2) is 8.42. The highest BCUT2D eigenvalue weighted by Gasteiger charge is 2.39. The van der Waals surface area contributed by atoms with E-state index in [4.69, 9.17) is 0 Å². The van der Waals surface area contributed by atoms with Crippen LogP contribution in [0.3, 0.4) is 0 Å². The van der Waals surface area contributed by atoms with Gasteiger partial charge in [0.25, 0.3) is 5.91 Å². The van der Waals surface area contributed by atoms with E-state index in [9.17, 15) is 19.2 Å². The summed E-state index contributed by atoms with van der Waals surface area (Å²) in [6.07, 6.45) is 0.549. The minimum atomic E-state index is -0.640. The van der Waals surface area contributed by atoms with Crippen molar-refractivity contribution in [3.05, 3.63) is 57.2 Å². The van der Waals surface area contributed by atoms with Crippen molar-refractivity contribution < 1.29 is 19.2 Å². The molecular weight excluding hydrogens is 499 g/mol. The number of piperidine rings is 1. The largest absolute Gasteiger partial charge is 0.376 e. The molecular formula is C21H19IN4O4. The number of carbonyl (C=O) groups excluding carboxylic acids is 4. The van der Waals surface area contributed by atoms with Crippen molar-refractivity contribution in [1.29, 1.82) is 0 Å². The first-order valence-corrected chi connectivity index (χ1v) is 10.6. The van der Waals surface area contributed by atoms with E-state index in [1.807, 2.05) is 30.3 Å². The van der Waals surface area contributed by atoms with Crippen molar-refractivity contribution in [3.63, 3.8) is 0 Å². The molecule has 3 N–H and O–H groups in total. The molecule has 9 heteroatoms. The van der Waals surface area contributed by atoms with Gasteiger partial charge in [0.1, 0.15) is 6.04 Å². The molecule has 2 aromatic rings. The summed E-state index contributed by atoms with van der Waals surface area (Å²) in [6, 6.07) is 12.1. The van der Waals surface area contributed by atoms with Crippen LogP contribution in [0.5, 0.6) is 0 Å². The van der Waals surface area contributed by atoms with Crippen molar-refractivity contribution in [2.75, 3.05) is 17.2 Å². The van der Waals surface area contributed by atoms with Crippen LogP contribution < -0.4 is 16.0 Å². The van der Waals surface area contributed by atoms with Crippen LogP contribution in [0, 0.1) is 3.57 Å². The summed E-state index contributed by atoms with van der Waals surface area (Å²) >= 11 is 2.18. The molecule has 0 radical (unpaired) electrons. The van der Waals surface area contributed by atoms with Crippen molar-refractivity contribution in [3.8, 4) is 0 Å². The number of nitrogens with one attached hydrogen (secondary N) is 3. The third-order valence-electron chi connectivity index (χ3n) is 5.08. The lowest BCUT2D eigenvalue weighted by molar-refractivity contribution is -0.137. The van der Waals surface area contributed by atoms with Crippen LogP contribution in [0.4, 0.5) is 11.4 Å². The van der Waals surface area contributed by atoms with Crippen LogP contribution >= 0.6 is 22.6 Å². The van der Waals surface area contributed by atoms with Crippen LogP contribution in [-0.2, 0) is 20.9 Å². The highest BCUT2D eigenvalue weighted by molar-refractivity contribution is 14.1. The Hall–Kier alpha value is -2.95. The van der Waals surface area contributed by atoms with Crippen molar-refractivity contribution >= 4 is 57.6 Å². The molecule has 2 heterocycles. The van der Waals surface area contributed by atoms with Crippen LogP contribution in [-0.4, -0.2) is 41.1 Å². The van der Waals surface area contributed by atoms with Gasteiger partial charge in [-0.05, 0) is 71.0 Å². The maximum Gasteiger partial charge on any atom is 0.255 e. The topological polar surface area (TPSA) is 108 Å². The van der Waals surface area contributed by atoms with Crippen LogP contribution in [0.15, 0.2) is 42.5 Å². The van der Waals surface area contributed by atoms with Gasteiger partial charge in [-0.2, -0.15) is 0 Å². The molecule has 154 valence electrons. The predicted octanol–water partition coefficient (Wildman–Crippen LogP) is 2.10. The molecule has 2 aliphatic rings. The van der Waals surface area contributed by atoms with Gasteiger partial charge in [-0.15, -0.1) is 0 Å². The molecule has 1 fully saturated rings. The van der Waals surface area contributed by atoms with E-state index in [1.165, 1.54) is 4.90 Å². The molecule has 2 aliphatic heterocycles. The molecule has 2 aromatic carbocycles. The smallest absolute Gasteiger partial charge is 0.255 e. The van der Waals surface area contributed by atoms with E-state index < -0.39 is 11.9 Å². The molecule has 1 unspecified atom stereocenters. The van der Waals surface area contributed by atoms with Gasteiger partial charge >= 0.3 is 0 Å². The van der Waals surface area contributed by atoms with Gasteiger partial charge in [0.2, 0.25) is 17.7 Å². The number of anilines is 2. The molecule has 0 bridgehead atoms. The summed E-state index contributed by atoms with van der Waals surface area (Å²) in [4.78, 5) is 49.9. The Labute approximate surface area is 186 Å². The zero-order chi connectivity index (χ0) is 21.3. The van der Waals surface area contributed by atoms with Gasteiger partial charge in [-0.1, -0.05) is 6.07 Å². The Bertz CT molecular complexity index is 1060. The number of amides is 4. The summed E-state index contributed by atoms with van der Waals surface area (Å²) in [7, 11) is 0. The van der Waals surface area contributed by atoms with Gasteiger partial charge in [-0.3, -0.25) is 24.5 Å². The molecule has 4 amide bonds. The Morgan fingerprint density at radius 2 is 1.97 bits per heavy atom. The lowest BCUT2D eigenvalue weighted by Gasteiger charge is -2.29. The Morgan fingerprint density at radius 1 is 1.13 bits per heavy atom. The monoisotopic (exact) mass is 518 g/mol. The number of rotatable bonds is 5. The highest BCUT2D eigenvalue weighted by Crippen LogP contribution is 2.29. The Balaban J connectivity index is 1.38. The van der Waals surface area contributed by atoms with Crippen molar-refractivity contribution in [2.24, 2.45) is 0 Å². The second-order valence-electron chi connectivity index (χ2n) is 7.18. The first-order chi connectivity index (χ1) is 14.4. The average Bonchev–Trinajstić information content (AvgIpc) is 3.02. The summed E-state index contributed by atoms with van der Waals surface area (Å²) in [5.41, 5.74) is 2.76. The molecule has 0 saturated carbocycles. The number of carbonyl (C=O) groups is 4. The lowest BCUT2D eigenvalue weighted by atomic mass is 10.0. The maximum atomic E-state index is 12.7. The SMILES string of the molecule is O=C1CCC(N2Cc3cc(NCC(=O)Nc4cccc(I)c4)ccc3C2=O)C(=O)N1. The summed E-state index contributed by atoms with van der Waals surface area (Å²) in [5, 5.41) is 8.19. The van der Waals surface area contributed by atoms with E-state index in [0.717, 1.165) is 14.8 Å². The molecule has 1 atom stereocenters. The number of hydrogen-bond acceptors (Lipinski definition) is 5. The first-order valence-electron chi connectivity index (χ1n) is 9.47. The fourth-order valence-corrected chi connectivity index (χ4v) is 4.18. The van der Waals surface area contributed by atoms with E-state index >= 15 is 0 Å². The standard InChI is InChI=1S/C21H19IN4O4/c22-13-2-1-3-15(9-13)24-19(28)10-23-14-4-5-16-12(8-14)11-26(21(16)30)17-6-7-18(27)25-20(17)29/h1-5,8-9,17,23H,6-7,10-11H2,(H,24,28)(H,25,27,29). The minimum Gasteiger partial charge on any atom is -0.376 e. The Kier molecular flexibility index (Phi) is 5.71. The van der Waals surface area contributed by atoms with Gasteiger partial charge in [-0.25, -0.2) is 0 Å². The van der Waals surface area contributed by atoms with E-state index in [2.05, 4.69) is 38.5 Å². The zero-order valence-electron chi connectivity index (χ0n) is 15.9. The predicted molar refractivity (Wildman–Crippen MR) is 119 cm³/mol. The molecule has 1 saturated heterocycles. The zero-order valence-corrected chi connectivity index (χ0v) is 18.1. The molecule has 0 aromatic heterocycles. The van der Waals surface area contributed by atoms with Gasteiger partial charge in [0.15, 0.2) is 0 Å². The summed E-state index contributed by atoms with van der Waals surface area (Å²) < 4.78 is 1.03. The second-order valence-corrected chi connectivity index (χ2v) is 8.43. The molecule has 0 spiro atoms. The number of nitrogens with zero attached hydrogens (tertiary/aromatic N) is 1. The van der Waals surface area contributed by atoms with Crippen LogP contribution in [0.1, 0.15) is 28.8 Å². The quantitative estimate of drug-likeness (QED) is 0.415. The highest BCUT2D eigenvalue weighted by atomic mass is 127. The summed E-state index contributed by atoms with van der Waals surface area (Å²) in [5.74, 6) is -1.14. The normalized spacial score (nSPS) is 18.1. The number of imide groups is 1. The maximum absolute atomic E-state index is 12.7. The Morgan fingerprint density at radius 3 is 2.73 bits per heavy atom. The van der Waals surface area contributed by atoms with E-state index in [-0.39, 0.29) is 30.7 Å². The van der Waals surface area contributed by atoms with Gasteiger partial charge < -0.3 is 15.5 Å². The number of benzene rings is 2. The molecule has 4 rings (SSSR count). The third kappa shape index (κ3) is 4.30. The minimum absolute atomic E-state index is 0.0784. The first kappa shape index (κ1) is 20.3. The van der Waals surface area contributed by atoms with E-state index in [0.29, 0.717) is 24.2 Å². The average molecular weight is 518 g/mol. The molecule has 8 nitrogen and oxygen atoms in total. The van der Waals surface area contributed by atoms with Crippen LogP contribution in [0.25, 0.3) is 0 Å². The number of fused-ring (bicyclic) bond motifs is 1. The van der Waals surface area contributed by atoms with Crippen molar-refractivity contribution in [2.45, 2.75) is 25.4 Å². The van der Waals surface area contributed by atoms with Crippen molar-refractivity contribution in [1.82, 2.24) is 10.2 Å². The summed E-state index contributed by atoms with van der Waals surface area (Å²) in [6.45, 7) is 0.375.